The van der Waals surface area contributed by atoms with Gasteiger partial charge in [0, 0.05) is 62.8 Å². The molecular formula is C30H32N4O4. The van der Waals surface area contributed by atoms with Crippen LogP contribution >= 0.6 is 0 Å². The number of nitrogens with one attached hydrogen (secondary N) is 1. The normalized spacial score (nSPS) is 14.6. The van der Waals surface area contributed by atoms with Gasteiger partial charge in [0.25, 0.3) is 0 Å². The molecule has 0 saturated carbocycles. The van der Waals surface area contributed by atoms with E-state index in [-0.39, 0.29) is 5.78 Å². The minimum absolute atomic E-state index is 0.00106. The van der Waals surface area contributed by atoms with Gasteiger partial charge in [-0.3, -0.25) is 4.79 Å². The SMILES string of the molecule is CCOCCCNc1cc(N2CCN(c3ccccc3OC)CC2)c2noc3c2c1C(=O)c1ccccc1-3. The molecule has 2 heterocycles. The van der Waals surface area contributed by atoms with Gasteiger partial charge in [-0.1, -0.05) is 41.6 Å². The van der Waals surface area contributed by atoms with Crippen molar-refractivity contribution in [2.75, 3.05) is 68.2 Å². The molecular weight excluding hydrogens is 480 g/mol. The molecule has 0 unspecified atom stereocenters. The third-order valence-electron chi connectivity index (χ3n) is 7.41. The first kappa shape index (κ1) is 24.3. The predicted octanol–water partition coefficient (Wildman–Crippen LogP) is 5.21. The van der Waals surface area contributed by atoms with Crippen molar-refractivity contribution in [3.05, 3.63) is 65.7 Å². The van der Waals surface area contributed by atoms with Crippen LogP contribution in [0.1, 0.15) is 29.3 Å². The van der Waals surface area contributed by atoms with E-state index in [2.05, 4.69) is 32.4 Å². The zero-order valence-electron chi connectivity index (χ0n) is 21.8. The van der Waals surface area contributed by atoms with Gasteiger partial charge in [0.05, 0.1) is 29.4 Å². The second kappa shape index (κ2) is 10.4. The predicted molar refractivity (Wildman–Crippen MR) is 150 cm³/mol. The number of fused-ring (bicyclic) bond motifs is 2. The summed E-state index contributed by atoms with van der Waals surface area (Å²) in [5.74, 6) is 1.55. The molecule has 0 amide bonds. The van der Waals surface area contributed by atoms with Crippen molar-refractivity contribution < 1.29 is 18.8 Å². The molecule has 8 heteroatoms. The number of hydrogen-bond donors (Lipinski definition) is 1. The number of aromatic nitrogens is 1. The number of carbonyl (C=O) groups is 1. The number of benzene rings is 3. The summed E-state index contributed by atoms with van der Waals surface area (Å²) in [6.45, 7) is 7.37. The van der Waals surface area contributed by atoms with E-state index in [9.17, 15) is 4.79 Å². The number of nitrogens with zero attached hydrogens (tertiary/aromatic N) is 3. The maximum Gasteiger partial charge on any atom is 0.196 e. The Morgan fingerprint density at radius 2 is 1.68 bits per heavy atom. The summed E-state index contributed by atoms with van der Waals surface area (Å²) in [7, 11) is 1.71. The van der Waals surface area contributed by atoms with Crippen LogP contribution in [0.5, 0.6) is 5.75 Å². The lowest BCUT2D eigenvalue weighted by Gasteiger charge is -2.38. The van der Waals surface area contributed by atoms with Gasteiger partial charge in [0.1, 0.15) is 11.3 Å². The van der Waals surface area contributed by atoms with E-state index in [0.29, 0.717) is 36.6 Å². The van der Waals surface area contributed by atoms with Crippen LogP contribution in [-0.4, -0.2) is 64.0 Å². The Bertz CT molecular complexity index is 1470. The molecule has 1 aliphatic carbocycles. The van der Waals surface area contributed by atoms with Crippen molar-refractivity contribution in [1.82, 2.24) is 5.16 Å². The Balaban J connectivity index is 1.36. The van der Waals surface area contributed by atoms with Crippen LogP contribution < -0.4 is 19.9 Å². The highest BCUT2D eigenvalue weighted by molar-refractivity contribution is 6.28. The zero-order valence-corrected chi connectivity index (χ0v) is 21.8. The van der Waals surface area contributed by atoms with Gasteiger partial charge in [-0.25, -0.2) is 0 Å². The molecule has 38 heavy (non-hydrogen) atoms. The van der Waals surface area contributed by atoms with Crippen molar-refractivity contribution in [2.24, 2.45) is 0 Å². The first-order valence-electron chi connectivity index (χ1n) is 13.3. The summed E-state index contributed by atoms with van der Waals surface area (Å²) in [4.78, 5) is 18.4. The Labute approximate surface area is 222 Å². The summed E-state index contributed by atoms with van der Waals surface area (Å²) in [6, 6.07) is 17.8. The van der Waals surface area contributed by atoms with Gasteiger partial charge < -0.3 is 29.1 Å². The molecule has 8 nitrogen and oxygen atoms in total. The van der Waals surface area contributed by atoms with Gasteiger partial charge in [-0.15, -0.1) is 0 Å². The Hall–Kier alpha value is -4.04. The number of para-hydroxylation sites is 2. The van der Waals surface area contributed by atoms with Crippen LogP contribution in [0.25, 0.3) is 22.2 Å². The monoisotopic (exact) mass is 512 g/mol. The molecule has 2 aliphatic rings. The van der Waals surface area contributed by atoms with E-state index in [1.165, 1.54) is 0 Å². The van der Waals surface area contributed by atoms with Crippen LogP contribution in [0, 0.1) is 0 Å². The lowest BCUT2D eigenvalue weighted by atomic mass is 9.86. The van der Waals surface area contributed by atoms with Gasteiger partial charge in [-0.05, 0) is 31.5 Å². The fourth-order valence-corrected chi connectivity index (χ4v) is 5.54. The summed E-state index contributed by atoms with van der Waals surface area (Å²) in [6.07, 6.45) is 0.847. The molecule has 0 radical (unpaired) electrons. The highest BCUT2D eigenvalue weighted by atomic mass is 16.5. The molecule has 0 bridgehead atoms. The maximum absolute atomic E-state index is 13.7. The lowest BCUT2D eigenvalue weighted by molar-refractivity contribution is 0.104. The molecule has 1 aliphatic heterocycles. The standard InChI is InChI=1S/C30H32N4O4/c1-3-37-18-8-13-31-22-19-24(34-16-14-33(15-17-34)23-11-6-7-12-25(23)36-2)28-27-26(22)29(35)20-9-4-5-10-21(20)30(27)38-32-28/h4-7,9-12,19,31H,3,8,13-18H2,1-2H3. The average molecular weight is 513 g/mol. The van der Waals surface area contributed by atoms with Gasteiger partial charge in [-0.2, -0.15) is 0 Å². The third kappa shape index (κ3) is 4.15. The van der Waals surface area contributed by atoms with E-state index < -0.39 is 0 Å². The number of ketones is 1. The summed E-state index contributed by atoms with van der Waals surface area (Å²) >= 11 is 0. The van der Waals surface area contributed by atoms with Crippen molar-refractivity contribution >= 4 is 33.7 Å². The molecule has 4 aromatic rings. The first-order valence-corrected chi connectivity index (χ1v) is 13.3. The van der Waals surface area contributed by atoms with Gasteiger partial charge in [0.2, 0.25) is 0 Å². The fraction of sp³-hybridized carbons (Fsp3) is 0.333. The van der Waals surface area contributed by atoms with Crippen molar-refractivity contribution in [3.8, 4) is 17.1 Å². The molecule has 1 aromatic heterocycles. The van der Waals surface area contributed by atoms with E-state index in [0.717, 1.165) is 71.9 Å². The molecule has 3 aromatic carbocycles. The number of carbonyl (C=O) groups excluding carboxylic acids is 1. The van der Waals surface area contributed by atoms with E-state index in [1.807, 2.05) is 49.4 Å². The van der Waals surface area contributed by atoms with Crippen molar-refractivity contribution in [2.45, 2.75) is 13.3 Å². The quantitative estimate of drug-likeness (QED) is 0.270. The number of methoxy groups -OCH3 is 1. The zero-order chi connectivity index (χ0) is 26.1. The Morgan fingerprint density at radius 1 is 0.974 bits per heavy atom. The van der Waals surface area contributed by atoms with Crippen LogP contribution in [0.2, 0.25) is 0 Å². The van der Waals surface area contributed by atoms with Crippen molar-refractivity contribution in [1.29, 1.82) is 0 Å². The summed E-state index contributed by atoms with van der Waals surface area (Å²) < 4.78 is 17.0. The van der Waals surface area contributed by atoms with E-state index in [1.54, 1.807) is 7.11 Å². The Morgan fingerprint density at radius 3 is 2.45 bits per heavy atom. The lowest BCUT2D eigenvalue weighted by Crippen LogP contribution is -2.46. The Kier molecular flexibility index (Phi) is 6.64. The largest absolute Gasteiger partial charge is 0.495 e. The average Bonchev–Trinajstić information content (AvgIpc) is 3.41. The number of anilines is 3. The summed E-state index contributed by atoms with van der Waals surface area (Å²) in [5, 5.41) is 8.84. The minimum Gasteiger partial charge on any atom is -0.495 e. The minimum atomic E-state index is 0.00106. The molecule has 6 rings (SSSR count). The van der Waals surface area contributed by atoms with Crippen LogP contribution in [-0.2, 0) is 4.74 Å². The molecule has 0 atom stereocenters. The molecule has 1 saturated heterocycles. The molecule has 1 fully saturated rings. The van der Waals surface area contributed by atoms with Crippen LogP contribution in [0.4, 0.5) is 17.1 Å². The van der Waals surface area contributed by atoms with Crippen molar-refractivity contribution in [3.63, 3.8) is 0 Å². The molecule has 0 spiro atoms. The number of ether oxygens (including phenoxy) is 2. The number of hydrogen-bond acceptors (Lipinski definition) is 8. The smallest absolute Gasteiger partial charge is 0.196 e. The number of rotatable bonds is 9. The van der Waals surface area contributed by atoms with Gasteiger partial charge in [0.15, 0.2) is 11.5 Å². The van der Waals surface area contributed by atoms with Gasteiger partial charge >= 0.3 is 0 Å². The highest BCUT2D eigenvalue weighted by Crippen LogP contribution is 2.46. The first-order chi connectivity index (χ1) is 18.7. The number of piperazine rings is 1. The molecule has 196 valence electrons. The van der Waals surface area contributed by atoms with Crippen LogP contribution in [0.3, 0.4) is 0 Å². The fourth-order valence-electron chi connectivity index (χ4n) is 5.54. The third-order valence-corrected chi connectivity index (χ3v) is 7.41. The second-order valence-corrected chi connectivity index (χ2v) is 9.55. The van der Waals surface area contributed by atoms with E-state index >= 15 is 0 Å². The maximum atomic E-state index is 13.7. The van der Waals surface area contributed by atoms with E-state index in [4.69, 9.17) is 14.0 Å². The topological polar surface area (TPSA) is 80.1 Å². The second-order valence-electron chi connectivity index (χ2n) is 9.55. The summed E-state index contributed by atoms with van der Waals surface area (Å²) in [5.41, 5.74) is 5.73. The van der Waals surface area contributed by atoms with Crippen LogP contribution in [0.15, 0.2) is 59.1 Å². The molecule has 1 N–H and O–H groups in total. The highest BCUT2D eigenvalue weighted by Gasteiger charge is 2.34.